The monoisotopic (exact) mass is 289 g/mol. The third-order valence-corrected chi connectivity index (χ3v) is 4.51. The van der Waals surface area contributed by atoms with Crippen molar-refractivity contribution >= 4 is 0 Å². The molecule has 1 fully saturated rings. The molecular weight excluding hydrogens is 254 g/mol. The first-order valence-electron chi connectivity index (χ1n) is 8.66. The van der Waals surface area contributed by atoms with Crippen LogP contribution in [0.2, 0.25) is 0 Å². The van der Waals surface area contributed by atoms with Gasteiger partial charge in [0, 0.05) is 18.8 Å². The number of hydrogen-bond acceptors (Lipinski definition) is 1. The third kappa shape index (κ3) is 7.55. The van der Waals surface area contributed by atoms with Gasteiger partial charge >= 0.3 is 0 Å². The van der Waals surface area contributed by atoms with E-state index in [1.54, 1.807) is 0 Å². The predicted octanol–water partition coefficient (Wildman–Crippen LogP) is 5.95. The molecule has 0 aromatic heterocycles. The van der Waals surface area contributed by atoms with Gasteiger partial charge in [-0.3, -0.25) is 0 Å². The summed E-state index contributed by atoms with van der Waals surface area (Å²) in [7, 11) is 0. The van der Waals surface area contributed by atoms with Crippen LogP contribution in [0.3, 0.4) is 0 Å². The molecule has 0 N–H and O–H groups in total. The van der Waals surface area contributed by atoms with E-state index in [1.807, 2.05) is 0 Å². The number of hydrogen-bond donors (Lipinski definition) is 0. The molecule has 1 atom stereocenters. The molecule has 1 saturated carbocycles. The highest BCUT2D eigenvalue weighted by Gasteiger charge is 2.25. The Morgan fingerprint density at radius 2 is 1.90 bits per heavy atom. The molecule has 21 heavy (non-hydrogen) atoms. The first-order chi connectivity index (χ1) is 9.93. The molecule has 0 bridgehead atoms. The molecule has 120 valence electrons. The average Bonchev–Trinajstić information content (AvgIpc) is 3.25. The quantitative estimate of drug-likeness (QED) is 0.449. The lowest BCUT2D eigenvalue weighted by Gasteiger charge is -2.29. The van der Waals surface area contributed by atoms with Gasteiger partial charge in [0.25, 0.3) is 0 Å². The Hall–Kier alpha value is -0.980. The third-order valence-electron chi connectivity index (χ3n) is 4.51. The molecule has 1 heteroatoms. The molecule has 0 aromatic carbocycles. The standard InChI is InChI=1S/C20H35N/c1-7-18(5)19(6)21(15-20-11-12-20)14-13-17(4)10-8-9-16(2)3/h9,13,18,20H,6-8,10-12,14-15H2,1-5H3/b17-13+. The van der Waals surface area contributed by atoms with Crippen LogP contribution >= 0.6 is 0 Å². The van der Waals surface area contributed by atoms with Crippen LogP contribution < -0.4 is 0 Å². The van der Waals surface area contributed by atoms with Crippen LogP contribution in [-0.4, -0.2) is 18.0 Å². The van der Waals surface area contributed by atoms with Gasteiger partial charge in [-0.05, 0) is 64.7 Å². The van der Waals surface area contributed by atoms with Gasteiger partial charge in [-0.1, -0.05) is 43.7 Å². The molecule has 0 aliphatic heterocycles. The molecule has 1 nitrogen and oxygen atoms in total. The lowest BCUT2D eigenvalue weighted by Crippen LogP contribution is -2.28. The molecule has 0 radical (unpaired) electrons. The van der Waals surface area contributed by atoms with Crippen LogP contribution in [0, 0.1) is 11.8 Å². The van der Waals surface area contributed by atoms with E-state index in [9.17, 15) is 0 Å². The largest absolute Gasteiger partial charge is 0.371 e. The summed E-state index contributed by atoms with van der Waals surface area (Å²) < 4.78 is 0. The summed E-state index contributed by atoms with van der Waals surface area (Å²) >= 11 is 0. The predicted molar refractivity (Wildman–Crippen MR) is 95.3 cm³/mol. The highest BCUT2D eigenvalue weighted by atomic mass is 15.1. The second-order valence-corrected chi connectivity index (χ2v) is 7.02. The molecule has 0 heterocycles. The molecule has 1 rings (SSSR count). The van der Waals surface area contributed by atoms with Crippen molar-refractivity contribution in [2.75, 3.05) is 13.1 Å². The second kappa shape index (κ2) is 9.12. The minimum atomic E-state index is 0.600. The number of allylic oxidation sites excluding steroid dienone is 4. The average molecular weight is 290 g/mol. The Bertz CT molecular complexity index is 381. The lowest BCUT2D eigenvalue weighted by molar-refractivity contribution is 0.320. The van der Waals surface area contributed by atoms with E-state index in [2.05, 4.69) is 58.2 Å². The van der Waals surface area contributed by atoms with Gasteiger partial charge in [0.1, 0.15) is 0 Å². The van der Waals surface area contributed by atoms with Crippen LogP contribution in [0.5, 0.6) is 0 Å². The van der Waals surface area contributed by atoms with E-state index >= 15 is 0 Å². The van der Waals surface area contributed by atoms with Crippen molar-refractivity contribution in [2.45, 2.75) is 66.7 Å². The molecule has 0 saturated heterocycles. The maximum Gasteiger partial charge on any atom is 0.0359 e. The fraction of sp³-hybridized carbons (Fsp3) is 0.700. The number of nitrogens with zero attached hydrogens (tertiary/aromatic N) is 1. The van der Waals surface area contributed by atoms with Gasteiger partial charge in [0.15, 0.2) is 0 Å². The minimum absolute atomic E-state index is 0.600. The zero-order chi connectivity index (χ0) is 15.8. The van der Waals surface area contributed by atoms with Crippen molar-refractivity contribution in [3.63, 3.8) is 0 Å². The van der Waals surface area contributed by atoms with E-state index in [1.165, 1.54) is 55.5 Å². The Balaban J connectivity index is 2.50. The Kier molecular flexibility index (Phi) is 7.85. The van der Waals surface area contributed by atoms with Crippen molar-refractivity contribution in [3.05, 3.63) is 35.6 Å². The first kappa shape index (κ1) is 18.1. The van der Waals surface area contributed by atoms with Crippen LogP contribution in [0.25, 0.3) is 0 Å². The van der Waals surface area contributed by atoms with E-state index in [0.717, 1.165) is 12.5 Å². The molecular formula is C20H35N. The van der Waals surface area contributed by atoms with Crippen molar-refractivity contribution in [2.24, 2.45) is 11.8 Å². The topological polar surface area (TPSA) is 3.24 Å². The molecule has 1 unspecified atom stereocenters. The summed E-state index contributed by atoms with van der Waals surface area (Å²) in [5.41, 5.74) is 4.26. The maximum absolute atomic E-state index is 4.36. The van der Waals surface area contributed by atoms with E-state index in [0.29, 0.717) is 5.92 Å². The van der Waals surface area contributed by atoms with E-state index in [-0.39, 0.29) is 0 Å². The summed E-state index contributed by atoms with van der Waals surface area (Å²) in [5.74, 6) is 1.52. The highest BCUT2D eigenvalue weighted by molar-refractivity contribution is 5.07. The van der Waals surface area contributed by atoms with E-state index < -0.39 is 0 Å². The van der Waals surface area contributed by atoms with Gasteiger partial charge in [-0.25, -0.2) is 0 Å². The van der Waals surface area contributed by atoms with Crippen LogP contribution in [0.4, 0.5) is 0 Å². The first-order valence-corrected chi connectivity index (χ1v) is 8.66. The van der Waals surface area contributed by atoms with Gasteiger partial charge in [-0.15, -0.1) is 0 Å². The summed E-state index contributed by atoms with van der Waals surface area (Å²) in [6.07, 6.45) is 11.1. The van der Waals surface area contributed by atoms with Crippen molar-refractivity contribution in [1.29, 1.82) is 0 Å². The van der Waals surface area contributed by atoms with Crippen molar-refractivity contribution in [1.82, 2.24) is 4.90 Å². The molecule has 0 aromatic rings. The summed E-state index contributed by atoms with van der Waals surface area (Å²) in [6, 6.07) is 0. The molecule has 0 amide bonds. The van der Waals surface area contributed by atoms with E-state index in [4.69, 9.17) is 0 Å². The number of rotatable bonds is 10. The Morgan fingerprint density at radius 3 is 2.43 bits per heavy atom. The lowest BCUT2D eigenvalue weighted by atomic mass is 10.0. The Labute approximate surface area is 132 Å². The van der Waals surface area contributed by atoms with Crippen LogP contribution in [0.15, 0.2) is 35.6 Å². The van der Waals surface area contributed by atoms with Gasteiger partial charge in [0.05, 0.1) is 0 Å². The summed E-state index contributed by atoms with van der Waals surface area (Å²) in [4.78, 5) is 2.52. The van der Waals surface area contributed by atoms with Crippen molar-refractivity contribution in [3.8, 4) is 0 Å². The molecule has 1 aliphatic rings. The highest BCUT2D eigenvalue weighted by Crippen LogP contribution is 2.32. The molecule has 0 spiro atoms. The van der Waals surface area contributed by atoms with Gasteiger partial charge in [-0.2, -0.15) is 0 Å². The van der Waals surface area contributed by atoms with Crippen LogP contribution in [0.1, 0.15) is 66.7 Å². The minimum Gasteiger partial charge on any atom is -0.371 e. The summed E-state index contributed by atoms with van der Waals surface area (Å²) in [6.45, 7) is 17.8. The fourth-order valence-corrected chi connectivity index (χ4v) is 2.43. The second-order valence-electron chi connectivity index (χ2n) is 7.02. The van der Waals surface area contributed by atoms with Gasteiger partial charge in [0.2, 0.25) is 0 Å². The summed E-state index contributed by atoms with van der Waals surface area (Å²) in [5, 5.41) is 0. The van der Waals surface area contributed by atoms with Gasteiger partial charge < -0.3 is 4.90 Å². The zero-order valence-corrected chi connectivity index (χ0v) is 14.9. The fourth-order valence-electron chi connectivity index (χ4n) is 2.43. The smallest absolute Gasteiger partial charge is 0.0359 e. The molecule has 1 aliphatic carbocycles. The Morgan fingerprint density at radius 1 is 1.24 bits per heavy atom. The maximum atomic E-state index is 4.36. The zero-order valence-electron chi connectivity index (χ0n) is 14.9. The van der Waals surface area contributed by atoms with Crippen molar-refractivity contribution < 1.29 is 0 Å². The SMILES string of the molecule is C=C(C(C)CC)N(C/C=C(\C)CCC=C(C)C)CC1CC1. The van der Waals surface area contributed by atoms with Crippen LogP contribution in [-0.2, 0) is 0 Å². The normalized spacial score (nSPS) is 16.5.